The molecule has 0 aliphatic rings. The second-order valence-electron chi connectivity index (χ2n) is 3.15. The molecule has 2 rings (SSSR count). The molecule has 1 heterocycles. The van der Waals surface area contributed by atoms with Gasteiger partial charge in [-0.15, -0.1) is 6.58 Å². The lowest BCUT2D eigenvalue weighted by atomic mass is 10.2. The lowest BCUT2D eigenvalue weighted by molar-refractivity contribution is 0.790. The van der Waals surface area contributed by atoms with Gasteiger partial charge in [0.15, 0.2) is 0 Å². The van der Waals surface area contributed by atoms with E-state index >= 15 is 0 Å². The highest BCUT2D eigenvalue weighted by Gasteiger charge is 1.99. The summed E-state index contributed by atoms with van der Waals surface area (Å²) in [6.45, 7) is 4.18. The van der Waals surface area contributed by atoms with Crippen LogP contribution in [0, 0.1) is 0 Å². The SMILES string of the molecule is C=CCn1ccc2ccccc2c1=O. The predicted molar refractivity (Wildman–Crippen MR) is 58.4 cm³/mol. The number of fused-ring (bicyclic) bond motifs is 1. The van der Waals surface area contributed by atoms with Crippen molar-refractivity contribution in [2.45, 2.75) is 6.54 Å². The fraction of sp³-hybridized carbons (Fsp3) is 0.0833. The van der Waals surface area contributed by atoms with Crippen LogP contribution in [-0.2, 0) is 6.54 Å². The summed E-state index contributed by atoms with van der Waals surface area (Å²) >= 11 is 0. The summed E-state index contributed by atoms with van der Waals surface area (Å²) in [4.78, 5) is 11.8. The molecule has 2 heteroatoms. The highest BCUT2D eigenvalue weighted by molar-refractivity contribution is 5.81. The third kappa shape index (κ3) is 1.35. The van der Waals surface area contributed by atoms with Gasteiger partial charge >= 0.3 is 0 Å². The van der Waals surface area contributed by atoms with E-state index < -0.39 is 0 Å². The van der Waals surface area contributed by atoms with E-state index in [2.05, 4.69) is 6.58 Å². The summed E-state index contributed by atoms with van der Waals surface area (Å²) < 4.78 is 1.65. The van der Waals surface area contributed by atoms with E-state index in [1.807, 2.05) is 30.3 Å². The first-order valence-electron chi connectivity index (χ1n) is 4.52. The van der Waals surface area contributed by atoms with Gasteiger partial charge in [-0.2, -0.15) is 0 Å². The topological polar surface area (TPSA) is 22.0 Å². The quantitative estimate of drug-likeness (QED) is 0.657. The van der Waals surface area contributed by atoms with E-state index in [0.29, 0.717) is 6.54 Å². The van der Waals surface area contributed by atoms with Gasteiger partial charge in [-0.05, 0) is 17.5 Å². The molecular formula is C12H11NO. The first kappa shape index (κ1) is 8.75. The monoisotopic (exact) mass is 185 g/mol. The van der Waals surface area contributed by atoms with Crippen molar-refractivity contribution in [1.29, 1.82) is 0 Å². The van der Waals surface area contributed by atoms with Gasteiger partial charge < -0.3 is 4.57 Å². The van der Waals surface area contributed by atoms with Crippen molar-refractivity contribution in [3.8, 4) is 0 Å². The fourth-order valence-electron chi connectivity index (χ4n) is 1.51. The number of nitrogens with zero attached hydrogens (tertiary/aromatic N) is 1. The fourth-order valence-corrected chi connectivity index (χ4v) is 1.51. The Hall–Kier alpha value is -1.83. The van der Waals surface area contributed by atoms with Crippen LogP contribution in [0.3, 0.4) is 0 Å². The minimum atomic E-state index is 0.0444. The Labute approximate surface area is 82.1 Å². The number of hydrogen-bond acceptors (Lipinski definition) is 1. The zero-order valence-corrected chi connectivity index (χ0v) is 7.81. The Morgan fingerprint density at radius 3 is 2.86 bits per heavy atom. The standard InChI is InChI=1S/C12H11NO/c1-2-8-13-9-7-10-5-3-4-6-11(10)12(13)14/h2-7,9H,1,8H2. The van der Waals surface area contributed by atoms with E-state index in [1.54, 1.807) is 16.8 Å². The van der Waals surface area contributed by atoms with E-state index in [1.165, 1.54) is 0 Å². The predicted octanol–water partition coefficient (Wildman–Crippen LogP) is 2.19. The molecule has 0 N–H and O–H groups in total. The lowest BCUT2D eigenvalue weighted by Gasteiger charge is -2.03. The molecule has 0 aliphatic heterocycles. The van der Waals surface area contributed by atoms with Crippen molar-refractivity contribution in [2.24, 2.45) is 0 Å². The van der Waals surface area contributed by atoms with Crippen LogP contribution >= 0.6 is 0 Å². The summed E-state index contributed by atoms with van der Waals surface area (Å²) in [5, 5.41) is 1.75. The van der Waals surface area contributed by atoms with Crippen LogP contribution in [0.2, 0.25) is 0 Å². The molecule has 0 unspecified atom stereocenters. The van der Waals surface area contributed by atoms with Crippen LogP contribution in [0.5, 0.6) is 0 Å². The maximum atomic E-state index is 11.8. The molecular weight excluding hydrogens is 174 g/mol. The Morgan fingerprint density at radius 2 is 2.07 bits per heavy atom. The van der Waals surface area contributed by atoms with Crippen LogP contribution in [0.15, 0.2) is 54.0 Å². The van der Waals surface area contributed by atoms with Gasteiger partial charge in [0.2, 0.25) is 0 Å². The highest BCUT2D eigenvalue weighted by atomic mass is 16.1. The number of allylic oxidation sites excluding steroid dienone is 1. The van der Waals surface area contributed by atoms with Gasteiger partial charge in [0.05, 0.1) is 0 Å². The molecule has 70 valence electrons. The number of aromatic nitrogens is 1. The third-order valence-electron chi connectivity index (χ3n) is 2.21. The summed E-state index contributed by atoms with van der Waals surface area (Å²) in [5.41, 5.74) is 0.0444. The molecule has 2 aromatic rings. The Bertz CT molecular complexity index is 525. The van der Waals surface area contributed by atoms with Crippen LogP contribution in [0.25, 0.3) is 10.8 Å². The second-order valence-corrected chi connectivity index (χ2v) is 3.15. The maximum absolute atomic E-state index is 11.8. The van der Waals surface area contributed by atoms with Crippen LogP contribution < -0.4 is 5.56 Å². The van der Waals surface area contributed by atoms with E-state index in [-0.39, 0.29) is 5.56 Å². The molecule has 1 aromatic carbocycles. The summed E-state index contributed by atoms with van der Waals surface area (Å²) in [7, 11) is 0. The molecule has 1 aromatic heterocycles. The van der Waals surface area contributed by atoms with Crippen LogP contribution in [0.4, 0.5) is 0 Å². The molecule has 0 amide bonds. The maximum Gasteiger partial charge on any atom is 0.258 e. The van der Waals surface area contributed by atoms with Gasteiger partial charge in [-0.3, -0.25) is 4.79 Å². The molecule has 0 bridgehead atoms. The second kappa shape index (κ2) is 3.50. The van der Waals surface area contributed by atoms with Crippen molar-refractivity contribution in [1.82, 2.24) is 4.57 Å². The summed E-state index contributed by atoms with van der Waals surface area (Å²) in [5.74, 6) is 0. The van der Waals surface area contributed by atoms with E-state index in [0.717, 1.165) is 10.8 Å². The molecule has 0 saturated heterocycles. The third-order valence-corrected chi connectivity index (χ3v) is 2.21. The van der Waals surface area contributed by atoms with Gasteiger partial charge in [0.25, 0.3) is 5.56 Å². The molecule has 0 fully saturated rings. The largest absolute Gasteiger partial charge is 0.311 e. The van der Waals surface area contributed by atoms with E-state index in [9.17, 15) is 4.79 Å². The van der Waals surface area contributed by atoms with Crippen molar-refractivity contribution in [3.05, 3.63) is 59.5 Å². The van der Waals surface area contributed by atoms with Gasteiger partial charge in [0, 0.05) is 18.1 Å². The number of hydrogen-bond donors (Lipinski definition) is 0. The summed E-state index contributed by atoms with van der Waals surface area (Å²) in [6.07, 6.45) is 3.52. The first-order valence-corrected chi connectivity index (χ1v) is 4.52. The minimum Gasteiger partial charge on any atom is -0.311 e. The van der Waals surface area contributed by atoms with Gasteiger partial charge in [0.1, 0.15) is 0 Å². The average Bonchev–Trinajstić information content (AvgIpc) is 2.23. The van der Waals surface area contributed by atoms with Gasteiger partial charge in [-0.1, -0.05) is 24.3 Å². The van der Waals surface area contributed by atoms with E-state index in [4.69, 9.17) is 0 Å². The highest BCUT2D eigenvalue weighted by Crippen LogP contribution is 2.07. The number of rotatable bonds is 2. The Kier molecular flexibility index (Phi) is 2.19. The molecule has 0 spiro atoms. The van der Waals surface area contributed by atoms with Gasteiger partial charge in [-0.25, -0.2) is 0 Å². The molecule has 0 radical (unpaired) electrons. The normalized spacial score (nSPS) is 10.3. The molecule has 2 nitrogen and oxygen atoms in total. The molecule has 0 saturated carbocycles. The van der Waals surface area contributed by atoms with Crippen molar-refractivity contribution < 1.29 is 0 Å². The zero-order valence-electron chi connectivity index (χ0n) is 7.81. The Balaban J connectivity index is 2.75. The Morgan fingerprint density at radius 1 is 1.29 bits per heavy atom. The first-order chi connectivity index (χ1) is 6.83. The smallest absolute Gasteiger partial charge is 0.258 e. The van der Waals surface area contributed by atoms with Crippen LogP contribution in [0.1, 0.15) is 0 Å². The minimum absolute atomic E-state index is 0.0444. The van der Waals surface area contributed by atoms with Crippen LogP contribution in [-0.4, -0.2) is 4.57 Å². The zero-order chi connectivity index (χ0) is 9.97. The average molecular weight is 185 g/mol. The summed E-state index contributed by atoms with van der Waals surface area (Å²) in [6, 6.07) is 9.54. The molecule has 0 aliphatic carbocycles. The lowest BCUT2D eigenvalue weighted by Crippen LogP contribution is -2.18. The van der Waals surface area contributed by atoms with Crippen molar-refractivity contribution >= 4 is 10.8 Å². The van der Waals surface area contributed by atoms with Crippen molar-refractivity contribution in [2.75, 3.05) is 0 Å². The number of benzene rings is 1. The molecule has 0 atom stereocenters. The molecule has 14 heavy (non-hydrogen) atoms. The van der Waals surface area contributed by atoms with Crippen molar-refractivity contribution in [3.63, 3.8) is 0 Å². The number of pyridine rings is 1.